The van der Waals surface area contributed by atoms with E-state index in [0.717, 1.165) is 11.1 Å². The third-order valence-corrected chi connectivity index (χ3v) is 3.18. The molecule has 0 saturated carbocycles. The van der Waals surface area contributed by atoms with Gasteiger partial charge in [0.15, 0.2) is 0 Å². The van der Waals surface area contributed by atoms with Gasteiger partial charge in [0, 0.05) is 4.47 Å². The molecule has 0 heterocycles. The van der Waals surface area contributed by atoms with Gasteiger partial charge in [-0.25, -0.2) is 4.39 Å². The molecular weight excluding hydrogens is 263 g/mol. The molecule has 0 saturated heterocycles. The van der Waals surface area contributed by atoms with Gasteiger partial charge in [-0.1, -0.05) is 22.9 Å². The van der Waals surface area contributed by atoms with Crippen LogP contribution in [0.1, 0.15) is 30.4 Å². The molecule has 0 aliphatic rings. The monoisotopic (exact) mass is 274 g/mol. The second-order valence-electron chi connectivity index (χ2n) is 3.60. The third kappa shape index (κ3) is 3.02. The number of hydrogen-bond donors (Lipinski definition) is 1. The summed E-state index contributed by atoms with van der Waals surface area (Å²) in [4.78, 5) is 10.6. The molecule has 0 spiro atoms. The molecule has 0 fully saturated rings. The summed E-state index contributed by atoms with van der Waals surface area (Å²) in [6, 6.07) is 2.78. The zero-order chi connectivity index (χ0) is 11.6. The number of hydrogen-bond acceptors (Lipinski definition) is 1. The van der Waals surface area contributed by atoms with Crippen LogP contribution in [-0.2, 0) is 4.79 Å². The van der Waals surface area contributed by atoms with Crippen LogP contribution in [0.2, 0.25) is 0 Å². The molecule has 1 unspecified atom stereocenters. The van der Waals surface area contributed by atoms with E-state index in [4.69, 9.17) is 5.11 Å². The second-order valence-corrected chi connectivity index (χ2v) is 4.46. The normalized spacial score (nSPS) is 12.5. The van der Waals surface area contributed by atoms with Crippen LogP contribution in [0.4, 0.5) is 4.39 Å². The predicted molar refractivity (Wildman–Crippen MR) is 59.5 cm³/mol. The van der Waals surface area contributed by atoms with Gasteiger partial charge in [-0.15, -0.1) is 0 Å². The van der Waals surface area contributed by atoms with Crippen molar-refractivity contribution in [2.75, 3.05) is 0 Å². The highest BCUT2D eigenvalue weighted by Crippen LogP contribution is 2.28. The molecule has 1 N–H and O–H groups in total. The third-order valence-electron chi connectivity index (χ3n) is 2.36. The van der Waals surface area contributed by atoms with Gasteiger partial charge in [0.05, 0.1) is 6.42 Å². The predicted octanol–water partition coefficient (Wildman–Crippen LogP) is 3.47. The van der Waals surface area contributed by atoms with Gasteiger partial charge in [-0.3, -0.25) is 4.79 Å². The van der Waals surface area contributed by atoms with Crippen LogP contribution < -0.4 is 0 Å². The van der Waals surface area contributed by atoms with E-state index in [-0.39, 0.29) is 18.2 Å². The molecule has 1 atom stereocenters. The van der Waals surface area contributed by atoms with E-state index < -0.39 is 5.97 Å². The average Bonchev–Trinajstić information content (AvgIpc) is 2.09. The SMILES string of the molecule is Cc1c(Br)cc(F)cc1C(C)CC(=O)O. The van der Waals surface area contributed by atoms with Crippen LogP contribution in [0, 0.1) is 12.7 Å². The Labute approximate surface area is 96.2 Å². The van der Waals surface area contributed by atoms with Crippen molar-refractivity contribution >= 4 is 21.9 Å². The van der Waals surface area contributed by atoms with E-state index in [1.165, 1.54) is 12.1 Å². The Morgan fingerprint density at radius 3 is 2.73 bits per heavy atom. The van der Waals surface area contributed by atoms with E-state index in [1.807, 2.05) is 6.92 Å². The minimum atomic E-state index is -0.873. The van der Waals surface area contributed by atoms with Crippen molar-refractivity contribution in [3.8, 4) is 0 Å². The van der Waals surface area contributed by atoms with Crippen molar-refractivity contribution in [2.24, 2.45) is 0 Å². The van der Waals surface area contributed by atoms with Crippen LogP contribution in [0.15, 0.2) is 16.6 Å². The van der Waals surface area contributed by atoms with Crippen LogP contribution in [0.5, 0.6) is 0 Å². The number of rotatable bonds is 3. The molecule has 0 aliphatic carbocycles. The molecule has 0 aromatic heterocycles. The fraction of sp³-hybridized carbons (Fsp3) is 0.364. The molecule has 0 aliphatic heterocycles. The van der Waals surface area contributed by atoms with Crippen molar-refractivity contribution in [3.05, 3.63) is 33.5 Å². The smallest absolute Gasteiger partial charge is 0.303 e. The summed E-state index contributed by atoms with van der Waals surface area (Å²) >= 11 is 3.24. The Morgan fingerprint density at radius 2 is 2.20 bits per heavy atom. The average molecular weight is 275 g/mol. The highest BCUT2D eigenvalue weighted by atomic mass is 79.9. The van der Waals surface area contributed by atoms with Gasteiger partial charge in [0.25, 0.3) is 0 Å². The molecule has 0 radical (unpaired) electrons. The fourth-order valence-electron chi connectivity index (χ4n) is 1.55. The lowest BCUT2D eigenvalue weighted by Crippen LogP contribution is -2.05. The summed E-state index contributed by atoms with van der Waals surface area (Å²) in [5.74, 6) is -1.41. The first-order chi connectivity index (χ1) is 6.91. The number of aliphatic carboxylic acids is 1. The van der Waals surface area contributed by atoms with Crippen LogP contribution in [0.25, 0.3) is 0 Å². The summed E-state index contributed by atoms with van der Waals surface area (Å²) in [6.07, 6.45) is 0.0106. The van der Waals surface area contributed by atoms with E-state index in [0.29, 0.717) is 4.47 Å². The van der Waals surface area contributed by atoms with Gasteiger partial charge in [0.2, 0.25) is 0 Å². The van der Waals surface area contributed by atoms with E-state index >= 15 is 0 Å². The van der Waals surface area contributed by atoms with Crippen LogP contribution in [-0.4, -0.2) is 11.1 Å². The van der Waals surface area contributed by atoms with Crippen molar-refractivity contribution in [1.82, 2.24) is 0 Å². The minimum Gasteiger partial charge on any atom is -0.481 e. The van der Waals surface area contributed by atoms with E-state index in [2.05, 4.69) is 15.9 Å². The highest BCUT2D eigenvalue weighted by Gasteiger charge is 2.15. The Morgan fingerprint density at radius 1 is 1.60 bits per heavy atom. The molecule has 82 valence electrons. The first kappa shape index (κ1) is 12.2. The Balaban J connectivity index is 3.07. The van der Waals surface area contributed by atoms with E-state index in [1.54, 1.807) is 6.92 Å². The topological polar surface area (TPSA) is 37.3 Å². The number of halogens is 2. The standard InChI is InChI=1S/C11H12BrFO2/c1-6(3-11(14)15)9-4-8(13)5-10(12)7(9)2/h4-6H,3H2,1-2H3,(H,14,15). The lowest BCUT2D eigenvalue weighted by Gasteiger charge is -2.13. The van der Waals surface area contributed by atoms with Gasteiger partial charge in [0.1, 0.15) is 5.82 Å². The highest BCUT2D eigenvalue weighted by molar-refractivity contribution is 9.10. The summed E-state index contributed by atoms with van der Waals surface area (Å²) in [5, 5.41) is 8.67. The second kappa shape index (κ2) is 4.75. The van der Waals surface area contributed by atoms with Crippen molar-refractivity contribution in [2.45, 2.75) is 26.2 Å². The Kier molecular flexibility index (Phi) is 3.85. The number of carbonyl (C=O) groups is 1. The zero-order valence-corrected chi connectivity index (χ0v) is 10.1. The van der Waals surface area contributed by atoms with Gasteiger partial charge < -0.3 is 5.11 Å². The summed E-state index contributed by atoms with van der Waals surface area (Å²) < 4.78 is 13.8. The Bertz CT molecular complexity index is 390. The van der Waals surface area contributed by atoms with Crippen LogP contribution in [0.3, 0.4) is 0 Å². The summed E-state index contributed by atoms with van der Waals surface area (Å²) in [5.41, 5.74) is 1.63. The molecule has 1 rings (SSSR count). The quantitative estimate of drug-likeness (QED) is 0.917. The summed E-state index contributed by atoms with van der Waals surface area (Å²) in [6.45, 7) is 3.62. The zero-order valence-electron chi connectivity index (χ0n) is 8.55. The van der Waals surface area contributed by atoms with Gasteiger partial charge in [-0.2, -0.15) is 0 Å². The molecule has 0 amide bonds. The first-order valence-electron chi connectivity index (χ1n) is 4.59. The molecular formula is C11H12BrFO2. The number of carboxylic acids is 1. The maximum Gasteiger partial charge on any atom is 0.303 e. The molecule has 1 aromatic rings. The van der Waals surface area contributed by atoms with Crippen molar-refractivity contribution in [1.29, 1.82) is 0 Å². The number of benzene rings is 1. The Hall–Kier alpha value is -0.900. The molecule has 15 heavy (non-hydrogen) atoms. The van der Waals surface area contributed by atoms with Gasteiger partial charge >= 0.3 is 5.97 Å². The molecule has 2 nitrogen and oxygen atoms in total. The maximum absolute atomic E-state index is 13.1. The van der Waals surface area contributed by atoms with Gasteiger partial charge in [-0.05, 0) is 36.1 Å². The molecule has 1 aromatic carbocycles. The van der Waals surface area contributed by atoms with E-state index in [9.17, 15) is 9.18 Å². The van der Waals surface area contributed by atoms with Crippen molar-refractivity contribution in [3.63, 3.8) is 0 Å². The lowest BCUT2D eigenvalue weighted by molar-refractivity contribution is -0.137. The molecule has 0 bridgehead atoms. The maximum atomic E-state index is 13.1. The van der Waals surface area contributed by atoms with Crippen molar-refractivity contribution < 1.29 is 14.3 Å². The number of carboxylic acid groups (broad SMARTS) is 1. The minimum absolute atomic E-state index is 0.0106. The van der Waals surface area contributed by atoms with Crippen LogP contribution >= 0.6 is 15.9 Å². The lowest BCUT2D eigenvalue weighted by atomic mass is 9.94. The largest absolute Gasteiger partial charge is 0.481 e. The first-order valence-corrected chi connectivity index (χ1v) is 5.38. The summed E-state index contributed by atoms with van der Waals surface area (Å²) in [7, 11) is 0. The fourth-order valence-corrected chi connectivity index (χ4v) is 2.00. The molecule has 4 heteroatoms.